The summed E-state index contributed by atoms with van der Waals surface area (Å²) >= 11 is 0. The van der Waals surface area contributed by atoms with E-state index in [1.165, 1.54) is 109 Å². The molecule has 0 aromatic heterocycles. The normalized spacial score (nSPS) is 11.4. The van der Waals surface area contributed by atoms with E-state index in [1.54, 1.807) is 0 Å². The maximum atomic E-state index is 10.4. The molecule has 0 aliphatic rings. The highest BCUT2D eigenvalue weighted by Crippen LogP contribution is 2.14. The maximum absolute atomic E-state index is 10.4. The molecule has 0 unspecified atom stereocenters. The molecular formula is C25H48O2. The fourth-order valence-electron chi connectivity index (χ4n) is 3.59. The fourth-order valence-corrected chi connectivity index (χ4v) is 3.59. The van der Waals surface area contributed by atoms with E-state index >= 15 is 0 Å². The van der Waals surface area contributed by atoms with Gasteiger partial charge in [-0.1, -0.05) is 122 Å². The second kappa shape index (κ2) is 23.2. The maximum Gasteiger partial charge on any atom is 0.303 e. The summed E-state index contributed by atoms with van der Waals surface area (Å²) in [7, 11) is 0. The van der Waals surface area contributed by atoms with Gasteiger partial charge in [-0.15, -0.1) is 0 Å². The summed E-state index contributed by atoms with van der Waals surface area (Å²) in [5, 5.41) is 8.55. The summed E-state index contributed by atoms with van der Waals surface area (Å²) in [5.41, 5.74) is 0. The lowest BCUT2D eigenvalue weighted by molar-refractivity contribution is -0.137. The Labute approximate surface area is 170 Å². The van der Waals surface area contributed by atoms with Gasteiger partial charge in [0.1, 0.15) is 0 Å². The molecule has 2 nitrogen and oxygen atoms in total. The molecule has 0 heterocycles. The molecular weight excluding hydrogens is 332 g/mol. The predicted molar refractivity (Wildman–Crippen MR) is 119 cm³/mol. The second-order valence-corrected chi connectivity index (χ2v) is 8.20. The highest BCUT2D eigenvalue weighted by Gasteiger charge is 1.95. The van der Waals surface area contributed by atoms with Gasteiger partial charge in [0.2, 0.25) is 0 Å². The van der Waals surface area contributed by atoms with Crippen molar-refractivity contribution >= 4 is 5.97 Å². The molecule has 1 N–H and O–H groups in total. The van der Waals surface area contributed by atoms with Gasteiger partial charge in [0.25, 0.3) is 0 Å². The Morgan fingerprint density at radius 1 is 0.556 bits per heavy atom. The van der Waals surface area contributed by atoms with Gasteiger partial charge in [0, 0.05) is 6.42 Å². The predicted octanol–water partition coefficient (Wildman–Crippen LogP) is 8.84. The summed E-state index contributed by atoms with van der Waals surface area (Å²) in [6.45, 7) is 2.29. The van der Waals surface area contributed by atoms with Gasteiger partial charge in [-0.25, -0.2) is 0 Å². The van der Waals surface area contributed by atoms with Crippen LogP contribution in [0, 0.1) is 0 Å². The molecule has 0 radical (unpaired) electrons. The van der Waals surface area contributed by atoms with E-state index in [-0.39, 0.29) is 0 Å². The fraction of sp³-hybridized carbons (Fsp3) is 0.880. The Bertz CT molecular complexity index is 322. The van der Waals surface area contributed by atoms with E-state index in [0.717, 1.165) is 19.3 Å². The molecule has 0 aromatic carbocycles. The number of carboxylic acids is 1. The first-order valence-corrected chi connectivity index (χ1v) is 12.1. The van der Waals surface area contributed by atoms with Crippen LogP contribution < -0.4 is 0 Å². The Morgan fingerprint density at radius 3 is 1.26 bits per heavy atom. The third-order valence-corrected chi connectivity index (χ3v) is 5.40. The third-order valence-electron chi connectivity index (χ3n) is 5.40. The smallest absolute Gasteiger partial charge is 0.303 e. The first-order chi connectivity index (χ1) is 13.3. The minimum atomic E-state index is -0.684. The lowest BCUT2D eigenvalue weighted by atomic mass is 10.0. The first-order valence-electron chi connectivity index (χ1n) is 12.1. The number of rotatable bonds is 22. The molecule has 0 aliphatic heterocycles. The second-order valence-electron chi connectivity index (χ2n) is 8.20. The number of hydrogen-bond acceptors (Lipinski definition) is 1. The van der Waals surface area contributed by atoms with Gasteiger partial charge in [0.05, 0.1) is 0 Å². The van der Waals surface area contributed by atoms with Crippen LogP contribution in [0.5, 0.6) is 0 Å². The van der Waals surface area contributed by atoms with Crippen LogP contribution in [0.1, 0.15) is 142 Å². The van der Waals surface area contributed by atoms with Crippen LogP contribution in [-0.4, -0.2) is 11.1 Å². The third kappa shape index (κ3) is 25.2. The van der Waals surface area contributed by atoms with Gasteiger partial charge in [-0.2, -0.15) is 0 Å². The Morgan fingerprint density at radius 2 is 0.889 bits per heavy atom. The van der Waals surface area contributed by atoms with Crippen LogP contribution in [0.15, 0.2) is 12.2 Å². The molecule has 0 fully saturated rings. The summed E-state index contributed by atoms with van der Waals surface area (Å²) in [4.78, 5) is 10.4. The zero-order chi connectivity index (χ0) is 19.8. The van der Waals surface area contributed by atoms with Crippen molar-refractivity contribution in [3.8, 4) is 0 Å². The summed E-state index contributed by atoms with van der Waals surface area (Å²) in [6.07, 6.45) is 31.6. The van der Waals surface area contributed by atoms with E-state index in [9.17, 15) is 4.79 Å². The van der Waals surface area contributed by atoms with Gasteiger partial charge >= 0.3 is 5.97 Å². The highest BCUT2D eigenvalue weighted by atomic mass is 16.4. The van der Waals surface area contributed by atoms with Crippen LogP contribution in [0.25, 0.3) is 0 Å². The Hall–Kier alpha value is -0.790. The van der Waals surface area contributed by atoms with Crippen LogP contribution >= 0.6 is 0 Å². The monoisotopic (exact) mass is 380 g/mol. The quantitative estimate of drug-likeness (QED) is 0.150. The molecule has 160 valence electrons. The summed E-state index contributed by atoms with van der Waals surface area (Å²) in [6, 6.07) is 0. The summed E-state index contributed by atoms with van der Waals surface area (Å²) in [5.74, 6) is -0.684. The van der Waals surface area contributed by atoms with E-state index in [4.69, 9.17) is 5.11 Å². The number of unbranched alkanes of at least 4 members (excludes halogenated alkanes) is 18. The van der Waals surface area contributed by atoms with E-state index in [2.05, 4.69) is 19.1 Å². The first kappa shape index (κ1) is 26.2. The van der Waals surface area contributed by atoms with E-state index < -0.39 is 5.97 Å². The van der Waals surface area contributed by atoms with Crippen LogP contribution in [0.2, 0.25) is 0 Å². The summed E-state index contributed by atoms with van der Waals surface area (Å²) < 4.78 is 0. The van der Waals surface area contributed by atoms with Crippen molar-refractivity contribution in [1.82, 2.24) is 0 Å². The molecule has 0 aromatic rings. The van der Waals surface area contributed by atoms with Crippen molar-refractivity contribution in [3.05, 3.63) is 12.2 Å². The molecule has 27 heavy (non-hydrogen) atoms. The van der Waals surface area contributed by atoms with Gasteiger partial charge < -0.3 is 5.11 Å². The molecule has 0 amide bonds. The van der Waals surface area contributed by atoms with Gasteiger partial charge in [-0.3, -0.25) is 4.79 Å². The molecule has 0 rings (SSSR count). The SMILES string of the molecule is CCCCCCCCCCCCCCCCCCCC=CCCCC(=O)O. The Kier molecular flexibility index (Phi) is 22.6. The lowest BCUT2D eigenvalue weighted by Crippen LogP contribution is -1.92. The van der Waals surface area contributed by atoms with Crippen molar-refractivity contribution in [2.75, 3.05) is 0 Å². The molecule has 0 aliphatic carbocycles. The van der Waals surface area contributed by atoms with Crippen LogP contribution in [-0.2, 0) is 4.79 Å². The molecule has 0 bridgehead atoms. The van der Waals surface area contributed by atoms with Gasteiger partial charge in [-0.05, 0) is 25.7 Å². The molecule has 0 atom stereocenters. The highest BCUT2D eigenvalue weighted by molar-refractivity contribution is 5.66. The Balaban J connectivity index is 3.05. The van der Waals surface area contributed by atoms with Crippen molar-refractivity contribution in [2.24, 2.45) is 0 Å². The van der Waals surface area contributed by atoms with Gasteiger partial charge in [0.15, 0.2) is 0 Å². The van der Waals surface area contributed by atoms with Crippen LogP contribution in [0.3, 0.4) is 0 Å². The van der Waals surface area contributed by atoms with Crippen molar-refractivity contribution in [1.29, 1.82) is 0 Å². The van der Waals surface area contributed by atoms with Crippen molar-refractivity contribution < 1.29 is 9.90 Å². The number of allylic oxidation sites excluding steroid dienone is 2. The number of carbonyl (C=O) groups is 1. The van der Waals surface area contributed by atoms with Crippen LogP contribution in [0.4, 0.5) is 0 Å². The van der Waals surface area contributed by atoms with Crippen molar-refractivity contribution in [2.45, 2.75) is 142 Å². The lowest BCUT2D eigenvalue weighted by Gasteiger charge is -2.03. The number of aliphatic carboxylic acids is 1. The van der Waals surface area contributed by atoms with E-state index in [0.29, 0.717) is 6.42 Å². The average molecular weight is 381 g/mol. The largest absolute Gasteiger partial charge is 0.481 e. The number of carboxylic acid groups (broad SMARTS) is 1. The topological polar surface area (TPSA) is 37.3 Å². The molecule has 0 spiro atoms. The zero-order valence-electron chi connectivity index (χ0n) is 18.4. The average Bonchev–Trinajstić information content (AvgIpc) is 2.65. The number of hydrogen-bond donors (Lipinski definition) is 1. The minimum absolute atomic E-state index is 0.295. The molecule has 0 saturated heterocycles. The van der Waals surface area contributed by atoms with E-state index in [1.807, 2.05) is 0 Å². The zero-order valence-corrected chi connectivity index (χ0v) is 18.4. The molecule has 2 heteroatoms. The standard InChI is InChI=1S/C25H48O2/c1-2-3-4-5-6-7-8-9-10-11-12-13-14-15-16-17-18-19-20-21-22-23-24-25(26)27/h20-21H,2-19,22-24H2,1H3,(H,26,27). The minimum Gasteiger partial charge on any atom is -0.481 e. The molecule has 0 saturated carbocycles. The van der Waals surface area contributed by atoms with Crippen molar-refractivity contribution in [3.63, 3.8) is 0 Å².